The summed E-state index contributed by atoms with van der Waals surface area (Å²) in [5.41, 5.74) is 0. The molecular formula is C22H11IS2. The molecule has 0 atom stereocenters. The highest BCUT2D eigenvalue weighted by molar-refractivity contribution is 14.1. The molecule has 25 heavy (non-hydrogen) atoms. The van der Waals surface area contributed by atoms with E-state index in [2.05, 4.69) is 89.3 Å². The van der Waals surface area contributed by atoms with Crippen molar-refractivity contribution in [3.8, 4) is 0 Å². The Labute approximate surface area is 165 Å². The number of benzene rings is 4. The zero-order valence-electron chi connectivity index (χ0n) is 13.0. The largest absolute Gasteiger partial charge is 0.135 e. The van der Waals surface area contributed by atoms with Gasteiger partial charge in [0.15, 0.2) is 0 Å². The smallest absolute Gasteiger partial charge is 0.0362 e. The van der Waals surface area contributed by atoms with Gasteiger partial charge in [-0.25, -0.2) is 0 Å². The molecule has 0 saturated heterocycles. The zero-order valence-corrected chi connectivity index (χ0v) is 16.8. The van der Waals surface area contributed by atoms with Gasteiger partial charge in [0, 0.05) is 43.9 Å². The monoisotopic (exact) mass is 466 g/mol. The molecular weight excluding hydrogens is 455 g/mol. The summed E-state index contributed by atoms with van der Waals surface area (Å²) >= 11 is 6.20. The molecule has 2 heterocycles. The van der Waals surface area contributed by atoms with Crippen molar-refractivity contribution in [1.82, 2.24) is 0 Å². The number of halogens is 1. The highest BCUT2D eigenvalue weighted by atomic mass is 127. The van der Waals surface area contributed by atoms with Gasteiger partial charge in [0.25, 0.3) is 0 Å². The van der Waals surface area contributed by atoms with Gasteiger partial charge < -0.3 is 0 Å². The summed E-state index contributed by atoms with van der Waals surface area (Å²) < 4.78 is 6.82. The molecule has 118 valence electrons. The molecule has 0 bridgehead atoms. The van der Waals surface area contributed by atoms with Crippen LogP contribution in [-0.4, -0.2) is 0 Å². The number of hydrogen-bond donors (Lipinski definition) is 0. The van der Waals surface area contributed by atoms with Crippen LogP contribution in [0.1, 0.15) is 0 Å². The number of thiophene rings is 2. The fraction of sp³-hybridized carbons (Fsp3) is 0. The summed E-state index contributed by atoms with van der Waals surface area (Å²) in [6.07, 6.45) is 0. The second-order valence-electron chi connectivity index (χ2n) is 6.38. The molecule has 6 aromatic rings. The van der Waals surface area contributed by atoms with Crippen molar-refractivity contribution in [2.45, 2.75) is 0 Å². The Morgan fingerprint density at radius 3 is 2.08 bits per heavy atom. The van der Waals surface area contributed by atoms with Crippen LogP contribution in [0.15, 0.2) is 66.7 Å². The number of fused-ring (bicyclic) bond motifs is 7. The van der Waals surface area contributed by atoms with E-state index in [1.54, 1.807) is 0 Å². The number of hydrogen-bond acceptors (Lipinski definition) is 2. The van der Waals surface area contributed by atoms with Crippen molar-refractivity contribution < 1.29 is 0 Å². The fourth-order valence-electron chi connectivity index (χ4n) is 3.71. The van der Waals surface area contributed by atoms with Gasteiger partial charge in [-0.2, -0.15) is 0 Å². The summed E-state index contributed by atoms with van der Waals surface area (Å²) in [6.45, 7) is 0. The molecule has 0 N–H and O–H groups in total. The maximum Gasteiger partial charge on any atom is 0.0362 e. The van der Waals surface area contributed by atoms with Crippen LogP contribution >= 0.6 is 45.3 Å². The topological polar surface area (TPSA) is 0 Å². The maximum atomic E-state index is 2.40. The van der Waals surface area contributed by atoms with E-state index in [4.69, 9.17) is 0 Å². The van der Waals surface area contributed by atoms with E-state index in [9.17, 15) is 0 Å². The van der Waals surface area contributed by atoms with Crippen molar-refractivity contribution in [2.75, 3.05) is 0 Å². The summed E-state index contributed by atoms with van der Waals surface area (Å²) in [6, 6.07) is 24.9. The standard InChI is InChI=1S/C22H11IS2/c23-14-6-5-12-8-16-18-11-21-17(15-3-1-2-4-19(15)24-21)10-22(18)25-20(16)9-13(12)7-14/h1-11H. The lowest BCUT2D eigenvalue weighted by atomic mass is 10.1. The van der Waals surface area contributed by atoms with Crippen LogP contribution in [0, 0.1) is 3.57 Å². The van der Waals surface area contributed by atoms with E-state index in [1.165, 1.54) is 54.7 Å². The second-order valence-corrected chi connectivity index (χ2v) is 9.80. The minimum absolute atomic E-state index is 1.29. The SMILES string of the molecule is Ic1ccc2cc3c(cc2c1)sc1cc2c(cc13)sc1ccccc12. The third-order valence-electron chi connectivity index (χ3n) is 4.89. The highest BCUT2D eigenvalue weighted by Crippen LogP contribution is 2.42. The first-order valence-electron chi connectivity index (χ1n) is 8.13. The lowest BCUT2D eigenvalue weighted by Gasteiger charge is -2.00. The predicted octanol–water partition coefficient (Wildman–Crippen LogP) is 8.18. The Kier molecular flexibility index (Phi) is 2.99. The summed E-state index contributed by atoms with van der Waals surface area (Å²) in [5.74, 6) is 0. The minimum Gasteiger partial charge on any atom is -0.135 e. The molecule has 2 aromatic heterocycles. The first kappa shape index (κ1) is 14.5. The zero-order chi connectivity index (χ0) is 16.5. The summed E-state index contributed by atoms with van der Waals surface area (Å²) in [5, 5.41) is 8.19. The van der Waals surface area contributed by atoms with E-state index in [0.717, 1.165) is 0 Å². The fourth-order valence-corrected chi connectivity index (χ4v) is 6.51. The van der Waals surface area contributed by atoms with Gasteiger partial charge in [-0.15, -0.1) is 22.7 Å². The van der Waals surface area contributed by atoms with Crippen molar-refractivity contribution in [3.63, 3.8) is 0 Å². The molecule has 0 spiro atoms. The van der Waals surface area contributed by atoms with Crippen molar-refractivity contribution >= 4 is 96.4 Å². The third-order valence-corrected chi connectivity index (χ3v) is 7.81. The maximum absolute atomic E-state index is 2.40. The lowest BCUT2D eigenvalue weighted by molar-refractivity contribution is 1.74. The van der Waals surface area contributed by atoms with Crippen LogP contribution in [0.2, 0.25) is 0 Å². The lowest BCUT2D eigenvalue weighted by Crippen LogP contribution is -1.75. The van der Waals surface area contributed by atoms with Gasteiger partial charge in [-0.3, -0.25) is 0 Å². The van der Waals surface area contributed by atoms with Crippen LogP contribution in [-0.2, 0) is 0 Å². The van der Waals surface area contributed by atoms with Gasteiger partial charge in [-0.05, 0) is 75.8 Å². The van der Waals surface area contributed by atoms with Crippen LogP contribution < -0.4 is 0 Å². The van der Waals surface area contributed by atoms with E-state index in [-0.39, 0.29) is 0 Å². The molecule has 0 aliphatic heterocycles. The summed E-state index contributed by atoms with van der Waals surface area (Å²) in [7, 11) is 0. The van der Waals surface area contributed by atoms with Crippen molar-refractivity contribution in [3.05, 3.63) is 70.3 Å². The van der Waals surface area contributed by atoms with Crippen LogP contribution in [0.25, 0.3) is 51.1 Å². The molecule has 0 saturated carbocycles. The van der Waals surface area contributed by atoms with Gasteiger partial charge >= 0.3 is 0 Å². The van der Waals surface area contributed by atoms with Gasteiger partial charge in [-0.1, -0.05) is 24.3 Å². The number of rotatable bonds is 0. The predicted molar refractivity (Wildman–Crippen MR) is 122 cm³/mol. The van der Waals surface area contributed by atoms with Gasteiger partial charge in [0.1, 0.15) is 0 Å². The Morgan fingerprint density at radius 2 is 1.20 bits per heavy atom. The van der Waals surface area contributed by atoms with Crippen LogP contribution in [0.5, 0.6) is 0 Å². The Bertz CT molecular complexity index is 1450. The normalized spacial score (nSPS) is 12.2. The molecule has 0 nitrogen and oxygen atoms in total. The molecule has 0 fully saturated rings. The van der Waals surface area contributed by atoms with Gasteiger partial charge in [0.05, 0.1) is 0 Å². The summed E-state index contributed by atoms with van der Waals surface area (Å²) in [4.78, 5) is 0. The molecule has 3 heteroatoms. The second kappa shape index (κ2) is 5.16. The van der Waals surface area contributed by atoms with E-state index < -0.39 is 0 Å². The Hall–Kier alpha value is -1.69. The molecule has 0 amide bonds. The van der Waals surface area contributed by atoms with E-state index >= 15 is 0 Å². The third kappa shape index (κ3) is 2.09. The van der Waals surface area contributed by atoms with Crippen LogP contribution in [0.3, 0.4) is 0 Å². The molecule has 0 radical (unpaired) electrons. The minimum atomic E-state index is 1.29. The quantitative estimate of drug-likeness (QED) is 0.198. The van der Waals surface area contributed by atoms with Crippen molar-refractivity contribution in [1.29, 1.82) is 0 Å². The molecule has 6 rings (SSSR count). The first-order valence-corrected chi connectivity index (χ1v) is 10.8. The average molecular weight is 466 g/mol. The molecule has 0 aliphatic rings. The molecule has 4 aromatic carbocycles. The molecule has 0 unspecified atom stereocenters. The highest BCUT2D eigenvalue weighted by Gasteiger charge is 2.11. The van der Waals surface area contributed by atoms with Crippen molar-refractivity contribution in [2.24, 2.45) is 0 Å². The van der Waals surface area contributed by atoms with E-state index in [0.29, 0.717) is 0 Å². The molecule has 0 aliphatic carbocycles. The Balaban J connectivity index is 1.78. The Morgan fingerprint density at radius 1 is 0.520 bits per heavy atom. The van der Waals surface area contributed by atoms with E-state index in [1.807, 2.05) is 22.7 Å². The first-order chi connectivity index (χ1) is 12.3. The average Bonchev–Trinajstić information content (AvgIpc) is 3.15. The van der Waals surface area contributed by atoms with Gasteiger partial charge in [0.2, 0.25) is 0 Å². The van der Waals surface area contributed by atoms with Crippen LogP contribution in [0.4, 0.5) is 0 Å².